The Balaban J connectivity index is 2.52. The molecule has 0 aromatic carbocycles. The first kappa shape index (κ1) is 8.90. The quantitative estimate of drug-likeness (QED) is 0.613. The van der Waals surface area contributed by atoms with Crippen LogP contribution in [0.1, 0.15) is 29.9 Å². The molecule has 1 aromatic heterocycles. The van der Waals surface area contributed by atoms with E-state index in [1.165, 1.54) is 18.4 Å². The van der Waals surface area contributed by atoms with Crippen molar-refractivity contribution in [2.75, 3.05) is 5.43 Å². The SMILES string of the molecule is Cc1c(Br)nnc(NN)c1C1CC1. The Morgan fingerprint density at radius 1 is 1.46 bits per heavy atom. The minimum absolute atomic E-state index is 0.623. The minimum atomic E-state index is 0.623. The van der Waals surface area contributed by atoms with Gasteiger partial charge in [0, 0.05) is 5.56 Å². The Morgan fingerprint density at radius 2 is 2.15 bits per heavy atom. The second-order valence-corrected chi connectivity index (χ2v) is 4.05. The molecule has 0 aliphatic heterocycles. The van der Waals surface area contributed by atoms with Gasteiger partial charge in [0.05, 0.1) is 0 Å². The van der Waals surface area contributed by atoms with E-state index in [1.54, 1.807) is 0 Å². The third-order valence-corrected chi connectivity index (χ3v) is 3.08. The van der Waals surface area contributed by atoms with Crippen molar-refractivity contribution < 1.29 is 0 Å². The number of nitrogens with one attached hydrogen (secondary N) is 1. The predicted molar refractivity (Wildman–Crippen MR) is 54.3 cm³/mol. The van der Waals surface area contributed by atoms with Gasteiger partial charge in [-0.1, -0.05) is 0 Å². The van der Waals surface area contributed by atoms with E-state index < -0.39 is 0 Å². The molecule has 2 rings (SSSR count). The van der Waals surface area contributed by atoms with Gasteiger partial charge in [0.1, 0.15) is 4.60 Å². The highest BCUT2D eigenvalue weighted by atomic mass is 79.9. The van der Waals surface area contributed by atoms with Gasteiger partial charge in [-0.3, -0.25) is 0 Å². The number of aromatic nitrogens is 2. The van der Waals surface area contributed by atoms with Gasteiger partial charge in [-0.25, -0.2) is 5.84 Å². The van der Waals surface area contributed by atoms with E-state index in [-0.39, 0.29) is 0 Å². The second-order valence-electron chi connectivity index (χ2n) is 3.30. The van der Waals surface area contributed by atoms with Crippen LogP contribution >= 0.6 is 15.9 Å². The molecule has 1 aromatic rings. The molecule has 0 spiro atoms. The predicted octanol–water partition coefficient (Wildman–Crippen LogP) is 1.71. The zero-order valence-corrected chi connectivity index (χ0v) is 8.93. The number of halogens is 1. The first-order valence-corrected chi connectivity index (χ1v) is 5.02. The molecule has 1 aliphatic carbocycles. The Hall–Kier alpha value is -0.680. The highest BCUT2D eigenvalue weighted by Gasteiger charge is 2.29. The molecule has 1 saturated carbocycles. The molecule has 0 bridgehead atoms. The van der Waals surface area contributed by atoms with Crippen LogP contribution < -0.4 is 11.3 Å². The van der Waals surface area contributed by atoms with E-state index in [1.807, 2.05) is 6.92 Å². The highest BCUT2D eigenvalue weighted by Crippen LogP contribution is 2.45. The fraction of sp³-hybridized carbons (Fsp3) is 0.500. The Labute approximate surface area is 85.0 Å². The molecule has 13 heavy (non-hydrogen) atoms. The molecular weight excluding hydrogens is 232 g/mol. The van der Waals surface area contributed by atoms with Gasteiger partial charge >= 0.3 is 0 Å². The van der Waals surface area contributed by atoms with Gasteiger partial charge in [0.2, 0.25) is 0 Å². The van der Waals surface area contributed by atoms with Gasteiger partial charge in [0.15, 0.2) is 5.82 Å². The fourth-order valence-electron chi connectivity index (χ4n) is 1.49. The first-order valence-electron chi connectivity index (χ1n) is 4.23. The Bertz CT molecular complexity index is 335. The number of hydrogen-bond donors (Lipinski definition) is 2. The average Bonchev–Trinajstić information content (AvgIpc) is 2.92. The van der Waals surface area contributed by atoms with Gasteiger partial charge in [-0.15, -0.1) is 10.2 Å². The van der Waals surface area contributed by atoms with Gasteiger partial charge in [-0.2, -0.15) is 0 Å². The lowest BCUT2D eigenvalue weighted by Gasteiger charge is -2.09. The highest BCUT2D eigenvalue weighted by molar-refractivity contribution is 9.10. The van der Waals surface area contributed by atoms with Gasteiger partial charge in [0.25, 0.3) is 0 Å². The standard InChI is InChI=1S/C8H11BrN4/c1-4-6(5-2-3-5)8(11-10)13-12-7(4)9/h5H,2-3,10H2,1H3,(H,11,13). The van der Waals surface area contributed by atoms with E-state index in [4.69, 9.17) is 5.84 Å². The van der Waals surface area contributed by atoms with Crippen molar-refractivity contribution in [3.63, 3.8) is 0 Å². The summed E-state index contributed by atoms with van der Waals surface area (Å²) in [6.07, 6.45) is 2.46. The third kappa shape index (κ3) is 1.53. The summed E-state index contributed by atoms with van der Waals surface area (Å²) in [7, 11) is 0. The number of hydrogen-bond acceptors (Lipinski definition) is 4. The molecule has 0 saturated heterocycles. The maximum absolute atomic E-state index is 5.37. The van der Waals surface area contributed by atoms with Crippen LogP contribution in [0.3, 0.4) is 0 Å². The van der Waals surface area contributed by atoms with Gasteiger partial charge in [-0.05, 0) is 47.2 Å². The normalized spacial score (nSPS) is 15.9. The zero-order valence-electron chi connectivity index (χ0n) is 7.34. The molecule has 0 radical (unpaired) electrons. The van der Waals surface area contributed by atoms with Crippen LogP contribution in [0.5, 0.6) is 0 Å². The van der Waals surface area contributed by atoms with E-state index >= 15 is 0 Å². The van der Waals surface area contributed by atoms with E-state index in [0.717, 1.165) is 10.2 Å². The number of rotatable bonds is 2. The van der Waals surface area contributed by atoms with E-state index in [9.17, 15) is 0 Å². The second kappa shape index (κ2) is 3.23. The fourth-order valence-corrected chi connectivity index (χ4v) is 1.78. The minimum Gasteiger partial charge on any atom is -0.307 e. The molecular formula is C8H11BrN4. The molecule has 1 fully saturated rings. The molecule has 0 atom stereocenters. The largest absolute Gasteiger partial charge is 0.307 e. The number of nitrogens with zero attached hydrogens (tertiary/aromatic N) is 2. The molecule has 0 amide bonds. The summed E-state index contributed by atoms with van der Waals surface area (Å²) in [6, 6.07) is 0. The number of anilines is 1. The lowest BCUT2D eigenvalue weighted by Crippen LogP contribution is -2.13. The molecule has 1 aliphatic rings. The van der Waals surface area contributed by atoms with Crippen LogP contribution in [-0.4, -0.2) is 10.2 Å². The lowest BCUT2D eigenvalue weighted by molar-refractivity contribution is 0.930. The van der Waals surface area contributed by atoms with E-state index in [2.05, 4.69) is 31.6 Å². The molecule has 1 heterocycles. The Kier molecular flexibility index (Phi) is 2.21. The van der Waals surface area contributed by atoms with Crippen molar-refractivity contribution in [3.8, 4) is 0 Å². The molecule has 4 nitrogen and oxygen atoms in total. The number of hydrazine groups is 1. The molecule has 3 N–H and O–H groups in total. The van der Waals surface area contributed by atoms with Crippen LogP contribution in [0.15, 0.2) is 4.60 Å². The maximum Gasteiger partial charge on any atom is 0.166 e. The maximum atomic E-state index is 5.37. The van der Waals surface area contributed by atoms with Crippen LogP contribution in [-0.2, 0) is 0 Å². The van der Waals surface area contributed by atoms with Crippen molar-refractivity contribution in [1.82, 2.24) is 10.2 Å². The summed E-state index contributed by atoms with van der Waals surface area (Å²) < 4.78 is 0.813. The summed E-state index contributed by atoms with van der Waals surface area (Å²) in [6.45, 7) is 2.03. The monoisotopic (exact) mass is 242 g/mol. The van der Waals surface area contributed by atoms with Crippen molar-refractivity contribution in [1.29, 1.82) is 0 Å². The van der Waals surface area contributed by atoms with Crippen LogP contribution in [0, 0.1) is 6.92 Å². The summed E-state index contributed by atoms with van der Waals surface area (Å²) in [5, 5.41) is 7.93. The van der Waals surface area contributed by atoms with Crippen molar-refractivity contribution in [2.45, 2.75) is 25.7 Å². The summed E-state index contributed by atoms with van der Waals surface area (Å²) in [4.78, 5) is 0. The molecule has 0 unspecified atom stereocenters. The lowest BCUT2D eigenvalue weighted by atomic mass is 10.1. The first-order chi connectivity index (χ1) is 6.24. The summed E-state index contributed by atoms with van der Waals surface area (Å²) in [5.41, 5.74) is 4.95. The van der Waals surface area contributed by atoms with Crippen LogP contribution in [0.4, 0.5) is 5.82 Å². The zero-order chi connectivity index (χ0) is 9.42. The van der Waals surface area contributed by atoms with Gasteiger partial charge < -0.3 is 5.43 Å². The summed E-state index contributed by atoms with van der Waals surface area (Å²) >= 11 is 3.36. The van der Waals surface area contributed by atoms with Crippen LogP contribution in [0.2, 0.25) is 0 Å². The summed E-state index contributed by atoms with van der Waals surface area (Å²) in [5.74, 6) is 6.70. The molecule has 70 valence electrons. The smallest absolute Gasteiger partial charge is 0.166 e. The molecule has 5 heteroatoms. The van der Waals surface area contributed by atoms with E-state index in [0.29, 0.717) is 11.7 Å². The average molecular weight is 243 g/mol. The Morgan fingerprint density at radius 3 is 2.69 bits per heavy atom. The number of nitrogen functional groups attached to an aromatic ring is 1. The van der Waals surface area contributed by atoms with Crippen molar-refractivity contribution in [3.05, 3.63) is 15.7 Å². The van der Waals surface area contributed by atoms with Crippen molar-refractivity contribution in [2.24, 2.45) is 5.84 Å². The topological polar surface area (TPSA) is 63.8 Å². The third-order valence-electron chi connectivity index (χ3n) is 2.33. The van der Waals surface area contributed by atoms with Crippen LogP contribution in [0.25, 0.3) is 0 Å². The van der Waals surface area contributed by atoms with Crippen molar-refractivity contribution >= 4 is 21.7 Å². The number of nitrogens with two attached hydrogens (primary N) is 1.